The number of aromatic hydroxyl groups is 1. The second kappa shape index (κ2) is 2.39. The number of hydrogen-bond donors (Lipinski definition) is 1. The van der Waals surface area contributed by atoms with E-state index in [-0.39, 0.29) is 5.88 Å². The van der Waals surface area contributed by atoms with E-state index in [1.807, 2.05) is 0 Å². The van der Waals surface area contributed by atoms with Crippen LogP contribution in [0, 0.1) is 0 Å². The zero-order valence-corrected chi connectivity index (χ0v) is 5.49. The van der Waals surface area contributed by atoms with E-state index in [1.54, 1.807) is 16.8 Å². The van der Waals surface area contributed by atoms with E-state index in [1.165, 1.54) is 6.20 Å². The molecule has 3 nitrogen and oxygen atoms in total. The van der Waals surface area contributed by atoms with Crippen LogP contribution in [0.25, 0.3) is 12.3 Å². The lowest BCUT2D eigenvalue weighted by molar-refractivity contribution is 0.456. The molecule has 52 valence electrons. The van der Waals surface area contributed by atoms with Gasteiger partial charge in [0.05, 0.1) is 6.20 Å². The van der Waals surface area contributed by atoms with E-state index >= 15 is 0 Å². The van der Waals surface area contributed by atoms with Gasteiger partial charge in [0, 0.05) is 6.20 Å². The summed E-state index contributed by atoms with van der Waals surface area (Å²) >= 11 is 0. The summed E-state index contributed by atoms with van der Waals surface area (Å²) in [7, 11) is 0. The molecule has 1 heterocycles. The van der Waals surface area contributed by atoms with Gasteiger partial charge in [-0.05, 0) is 6.08 Å². The van der Waals surface area contributed by atoms with Crippen molar-refractivity contribution in [3.05, 3.63) is 25.2 Å². The average molecular weight is 136 g/mol. The van der Waals surface area contributed by atoms with Gasteiger partial charge in [-0.2, -0.15) is 4.98 Å². The first kappa shape index (κ1) is 6.61. The Bertz CT molecular complexity index is 237. The minimum atomic E-state index is -0.0187. The van der Waals surface area contributed by atoms with Crippen molar-refractivity contribution in [3.63, 3.8) is 0 Å². The molecule has 0 aromatic carbocycles. The van der Waals surface area contributed by atoms with Gasteiger partial charge in [-0.1, -0.05) is 13.2 Å². The van der Waals surface area contributed by atoms with E-state index in [2.05, 4.69) is 18.1 Å². The number of imidazole rings is 1. The molecule has 0 atom stereocenters. The second-order valence-electron chi connectivity index (χ2n) is 1.75. The summed E-state index contributed by atoms with van der Waals surface area (Å²) < 4.78 is 1.59. The van der Waals surface area contributed by atoms with Crippen molar-refractivity contribution in [3.8, 4) is 5.88 Å². The highest BCUT2D eigenvalue weighted by atomic mass is 16.3. The summed E-state index contributed by atoms with van der Waals surface area (Å²) in [5, 5.41) is 8.87. The van der Waals surface area contributed by atoms with Gasteiger partial charge in [-0.25, -0.2) is 0 Å². The Kier molecular flexibility index (Phi) is 1.58. The Labute approximate surface area is 58.9 Å². The van der Waals surface area contributed by atoms with E-state index in [9.17, 15) is 0 Å². The molecule has 0 fully saturated rings. The Hall–Kier alpha value is -1.51. The smallest absolute Gasteiger partial charge is 0.230 e. The van der Waals surface area contributed by atoms with Gasteiger partial charge in [-0.15, -0.1) is 0 Å². The third kappa shape index (κ3) is 0.932. The molecule has 10 heavy (non-hydrogen) atoms. The maximum absolute atomic E-state index is 8.87. The van der Waals surface area contributed by atoms with E-state index < -0.39 is 0 Å². The molecule has 1 aromatic rings. The van der Waals surface area contributed by atoms with Crippen molar-refractivity contribution in [2.45, 2.75) is 0 Å². The number of aromatic nitrogens is 2. The average Bonchev–Trinajstić information content (AvgIpc) is 2.30. The Morgan fingerprint density at radius 1 is 1.60 bits per heavy atom. The summed E-state index contributed by atoms with van der Waals surface area (Å²) in [6, 6.07) is 0. The zero-order valence-electron chi connectivity index (χ0n) is 5.49. The van der Waals surface area contributed by atoms with Crippen LogP contribution in [0.4, 0.5) is 0 Å². The van der Waals surface area contributed by atoms with Crippen LogP contribution >= 0.6 is 0 Å². The van der Waals surface area contributed by atoms with Crippen LogP contribution in [0.1, 0.15) is 5.82 Å². The topological polar surface area (TPSA) is 38.1 Å². The van der Waals surface area contributed by atoms with Crippen LogP contribution in [0.2, 0.25) is 0 Å². The Balaban J connectivity index is 3.20. The summed E-state index contributed by atoms with van der Waals surface area (Å²) in [6.45, 7) is 7.03. The highest BCUT2D eigenvalue weighted by Crippen LogP contribution is 2.09. The maximum atomic E-state index is 8.87. The molecule has 0 spiro atoms. The quantitative estimate of drug-likeness (QED) is 0.666. The third-order valence-corrected chi connectivity index (χ3v) is 1.13. The first-order valence-corrected chi connectivity index (χ1v) is 2.80. The largest absolute Gasteiger partial charge is 0.492 e. The van der Waals surface area contributed by atoms with Gasteiger partial charge in [0.15, 0.2) is 0 Å². The SMILES string of the molecule is C=Cc1nc(O)cn1C=C. The van der Waals surface area contributed by atoms with Crippen molar-refractivity contribution in [1.82, 2.24) is 9.55 Å². The van der Waals surface area contributed by atoms with Crippen LogP contribution in [0.3, 0.4) is 0 Å². The maximum Gasteiger partial charge on any atom is 0.230 e. The van der Waals surface area contributed by atoms with Crippen LogP contribution in [0.15, 0.2) is 19.4 Å². The molecule has 0 aliphatic carbocycles. The van der Waals surface area contributed by atoms with E-state index in [4.69, 9.17) is 5.11 Å². The summed E-state index contributed by atoms with van der Waals surface area (Å²) in [6.07, 6.45) is 4.55. The van der Waals surface area contributed by atoms with Gasteiger partial charge in [0.1, 0.15) is 5.82 Å². The molecule has 3 heteroatoms. The standard InChI is InChI=1S/C7H8N2O/c1-3-6-8-7(10)5-9(6)4-2/h3-5,10H,1-2H2. The number of hydrogen-bond acceptors (Lipinski definition) is 2. The minimum Gasteiger partial charge on any atom is -0.492 e. The van der Waals surface area contributed by atoms with E-state index in [0.717, 1.165) is 0 Å². The van der Waals surface area contributed by atoms with Crippen LogP contribution in [0.5, 0.6) is 5.88 Å². The predicted molar refractivity (Wildman–Crippen MR) is 40.4 cm³/mol. The van der Waals surface area contributed by atoms with Crippen LogP contribution in [-0.2, 0) is 0 Å². The molecule has 0 saturated carbocycles. The van der Waals surface area contributed by atoms with Crippen LogP contribution in [-0.4, -0.2) is 14.7 Å². The highest BCUT2D eigenvalue weighted by Gasteiger charge is 1.98. The summed E-state index contributed by atoms with van der Waals surface area (Å²) in [5.41, 5.74) is 0. The first-order chi connectivity index (χ1) is 4.77. The van der Waals surface area contributed by atoms with Gasteiger partial charge < -0.3 is 9.67 Å². The second-order valence-corrected chi connectivity index (χ2v) is 1.75. The molecule has 0 radical (unpaired) electrons. The predicted octanol–water partition coefficient (Wildman–Crippen LogP) is 1.33. The third-order valence-electron chi connectivity index (χ3n) is 1.13. The molecule has 0 bridgehead atoms. The van der Waals surface area contributed by atoms with Gasteiger partial charge >= 0.3 is 0 Å². The first-order valence-electron chi connectivity index (χ1n) is 2.80. The molecule has 0 unspecified atom stereocenters. The fourth-order valence-corrected chi connectivity index (χ4v) is 0.692. The fraction of sp³-hybridized carbons (Fsp3) is 0. The molecular formula is C7H8N2O. The van der Waals surface area contributed by atoms with Crippen molar-refractivity contribution in [1.29, 1.82) is 0 Å². The molecule has 0 amide bonds. The fourth-order valence-electron chi connectivity index (χ4n) is 0.692. The summed E-state index contributed by atoms with van der Waals surface area (Å²) in [4.78, 5) is 3.73. The van der Waals surface area contributed by atoms with Crippen molar-refractivity contribution >= 4 is 12.3 Å². The monoisotopic (exact) mass is 136 g/mol. The van der Waals surface area contributed by atoms with E-state index in [0.29, 0.717) is 5.82 Å². The normalized spacial score (nSPS) is 9.20. The lowest BCUT2D eigenvalue weighted by Gasteiger charge is -1.90. The molecule has 1 rings (SSSR count). The Morgan fingerprint density at radius 2 is 2.30 bits per heavy atom. The molecule has 1 N–H and O–H groups in total. The van der Waals surface area contributed by atoms with Crippen molar-refractivity contribution in [2.75, 3.05) is 0 Å². The van der Waals surface area contributed by atoms with Crippen molar-refractivity contribution < 1.29 is 5.11 Å². The molecular weight excluding hydrogens is 128 g/mol. The zero-order chi connectivity index (χ0) is 7.56. The van der Waals surface area contributed by atoms with Gasteiger partial charge in [-0.3, -0.25) is 0 Å². The van der Waals surface area contributed by atoms with Crippen LogP contribution < -0.4 is 0 Å². The van der Waals surface area contributed by atoms with Crippen molar-refractivity contribution in [2.24, 2.45) is 0 Å². The van der Waals surface area contributed by atoms with Gasteiger partial charge in [0.2, 0.25) is 5.88 Å². The minimum absolute atomic E-state index is 0.0187. The molecule has 0 aliphatic rings. The lowest BCUT2D eigenvalue weighted by atomic mass is 10.6. The number of nitrogens with zero attached hydrogens (tertiary/aromatic N) is 2. The lowest BCUT2D eigenvalue weighted by Crippen LogP contribution is -1.85. The molecule has 1 aromatic heterocycles. The highest BCUT2D eigenvalue weighted by molar-refractivity contribution is 5.43. The molecule has 0 saturated heterocycles. The Morgan fingerprint density at radius 3 is 2.70 bits per heavy atom. The molecule has 0 aliphatic heterocycles. The summed E-state index contributed by atoms with van der Waals surface area (Å²) in [5.74, 6) is 0.572. The number of rotatable bonds is 2. The van der Waals surface area contributed by atoms with Gasteiger partial charge in [0.25, 0.3) is 0 Å².